The Morgan fingerprint density at radius 3 is 2.63 bits per heavy atom. The molecule has 1 heterocycles. The summed E-state index contributed by atoms with van der Waals surface area (Å²) in [5.41, 5.74) is 1.33. The van der Waals surface area contributed by atoms with Crippen LogP contribution < -0.4 is 15.4 Å². The Kier molecular flexibility index (Phi) is 8.68. The zero-order valence-corrected chi connectivity index (χ0v) is 17.0. The summed E-state index contributed by atoms with van der Waals surface area (Å²) in [4.78, 5) is 4.72. The molecule has 27 heavy (non-hydrogen) atoms. The van der Waals surface area contributed by atoms with Gasteiger partial charge in [0.05, 0.1) is 7.11 Å². The fourth-order valence-corrected chi connectivity index (χ4v) is 2.88. The molecule has 0 bridgehead atoms. The second kappa shape index (κ2) is 11.3. The number of guanidine groups is 1. The van der Waals surface area contributed by atoms with Gasteiger partial charge >= 0.3 is 0 Å². The van der Waals surface area contributed by atoms with E-state index in [4.69, 9.17) is 9.73 Å². The Balaban J connectivity index is 1.78. The molecule has 0 aliphatic heterocycles. The van der Waals surface area contributed by atoms with Gasteiger partial charge in [0.2, 0.25) is 0 Å². The number of nitrogens with zero attached hydrogens (tertiary/aromatic N) is 3. The van der Waals surface area contributed by atoms with Crippen molar-refractivity contribution < 1.29 is 4.74 Å². The zero-order chi connectivity index (χ0) is 19.5. The molecule has 2 atom stereocenters. The van der Waals surface area contributed by atoms with E-state index in [1.807, 2.05) is 35.3 Å². The normalized spacial score (nSPS) is 13.9. The molecule has 0 fully saturated rings. The lowest BCUT2D eigenvalue weighted by Crippen LogP contribution is -2.38. The highest BCUT2D eigenvalue weighted by atomic mass is 16.5. The Morgan fingerprint density at radius 1 is 1.22 bits per heavy atom. The van der Waals surface area contributed by atoms with E-state index >= 15 is 0 Å². The number of hydrogen-bond donors (Lipinski definition) is 2. The van der Waals surface area contributed by atoms with Crippen LogP contribution in [0.5, 0.6) is 5.75 Å². The van der Waals surface area contributed by atoms with Gasteiger partial charge in [0.15, 0.2) is 5.96 Å². The second-order valence-electron chi connectivity index (χ2n) is 6.94. The van der Waals surface area contributed by atoms with E-state index in [0.717, 1.165) is 44.3 Å². The summed E-state index contributed by atoms with van der Waals surface area (Å²) < 4.78 is 7.18. The third-order valence-corrected chi connectivity index (χ3v) is 4.52. The van der Waals surface area contributed by atoms with Gasteiger partial charge in [-0.3, -0.25) is 9.67 Å². The van der Waals surface area contributed by atoms with Gasteiger partial charge in [0.1, 0.15) is 5.75 Å². The van der Waals surface area contributed by atoms with E-state index in [2.05, 4.69) is 48.6 Å². The predicted octanol–water partition coefficient (Wildman–Crippen LogP) is 3.28. The summed E-state index contributed by atoms with van der Waals surface area (Å²) in [5, 5.41) is 11.0. The molecule has 1 aromatic heterocycles. The average molecular weight is 372 g/mol. The molecule has 0 aliphatic rings. The zero-order valence-electron chi connectivity index (χ0n) is 17.0. The topological polar surface area (TPSA) is 63.5 Å². The lowest BCUT2D eigenvalue weighted by atomic mass is 9.98. The number of ether oxygens (including phenoxy) is 1. The largest absolute Gasteiger partial charge is 0.497 e. The molecule has 1 aromatic carbocycles. The van der Waals surface area contributed by atoms with Crippen molar-refractivity contribution in [2.75, 3.05) is 26.7 Å². The lowest BCUT2D eigenvalue weighted by Gasteiger charge is -2.16. The third-order valence-electron chi connectivity index (χ3n) is 4.52. The van der Waals surface area contributed by atoms with Crippen molar-refractivity contribution in [2.24, 2.45) is 10.9 Å². The van der Waals surface area contributed by atoms with Gasteiger partial charge in [0.25, 0.3) is 0 Å². The van der Waals surface area contributed by atoms with Crippen molar-refractivity contribution in [1.29, 1.82) is 0 Å². The first-order valence-electron chi connectivity index (χ1n) is 9.76. The van der Waals surface area contributed by atoms with E-state index < -0.39 is 0 Å². The number of hydrogen-bond acceptors (Lipinski definition) is 3. The van der Waals surface area contributed by atoms with Crippen molar-refractivity contribution in [3.63, 3.8) is 0 Å². The molecule has 0 amide bonds. The average Bonchev–Trinajstić information content (AvgIpc) is 3.19. The fourth-order valence-electron chi connectivity index (χ4n) is 2.88. The van der Waals surface area contributed by atoms with E-state index in [1.54, 1.807) is 7.11 Å². The Labute approximate surface area is 163 Å². The first kappa shape index (κ1) is 20.8. The molecule has 148 valence electrons. The van der Waals surface area contributed by atoms with Gasteiger partial charge in [-0.1, -0.05) is 26.0 Å². The maximum absolute atomic E-state index is 5.23. The minimum absolute atomic E-state index is 0.429. The molecule has 2 unspecified atom stereocenters. The number of nitrogens with one attached hydrogen (secondary N) is 2. The van der Waals surface area contributed by atoms with Crippen LogP contribution in [0.2, 0.25) is 0 Å². The number of aromatic nitrogens is 2. The summed E-state index contributed by atoms with van der Waals surface area (Å²) >= 11 is 0. The van der Waals surface area contributed by atoms with Gasteiger partial charge in [-0.2, -0.15) is 5.10 Å². The summed E-state index contributed by atoms with van der Waals surface area (Å²) in [6, 6.07) is 10.3. The standard InChI is InChI=1S/C21H33N5O/c1-5-22-21(24-15-17(2)16-26-14-6-12-25-26)23-13-11-18(3)19-7-9-20(27-4)10-8-19/h6-10,12,14,17-18H,5,11,13,15-16H2,1-4H3,(H2,22,23,24). The Morgan fingerprint density at radius 2 is 2.00 bits per heavy atom. The number of methoxy groups -OCH3 is 1. The van der Waals surface area contributed by atoms with Crippen molar-refractivity contribution >= 4 is 5.96 Å². The van der Waals surface area contributed by atoms with Crippen LogP contribution in [0.25, 0.3) is 0 Å². The smallest absolute Gasteiger partial charge is 0.191 e. The highest BCUT2D eigenvalue weighted by Crippen LogP contribution is 2.21. The highest BCUT2D eigenvalue weighted by molar-refractivity contribution is 5.79. The molecule has 6 nitrogen and oxygen atoms in total. The molecule has 2 aromatic rings. The minimum atomic E-state index is 0.429. The van der Waals surface area contributed by atoms with Crippen molar-refractivity contribution in [2.45, 2.75) is 39.7 Å². The minimum Gasteiger partial charge on any atom is -0.497 e. The Hall–Kier alpha value is -2.50. The number of rotatable bonds is 10. The molecule has 0 aliphatic carbocycles. The number of benzene rings is 1. The van der Waals surface area contributed by atoms with Crippen LogP contribution >= 0.6 is 0 Å². The molecular formula is C21H33N5O. The molecule has 2 rings (SSSR count). The predicted molar refractivity (Wildman–Crippen MR) is 111 cm³/mol. The van der Waals surface area contributed by atoms with Crippen LogP contribution in [0, 0.1) is 5.92 Å². The first-order valence-corrected chi connectivity index (χ1v) is 9.76. The van der Waals surface area contributed by atoms with Gasteiger partial charge in [-0.05, 0) is 48.9 Å². The van der Waals surface area contributed by atoms with Crippen LogP contribution in [-0.4, -0.2) is 42.5 Å². The van der Waals surface area contributed by atoms with Crippen LogP contribution in [0.1, 0.15) is 38.7 Å². The highest BCUT2D eigenvalue weighted by Gasteiger charge is 2.07. The SMILES string of the molecule is CCNC(=NCC(C)Cn1cccn1)NCCC(C)c1ccc(OC)cc1. The monoisotopic (exact) mass is 371 g/mol. The van der Waals surface area contributed by atoms with Crippen LogP contribution in [0.4, 0.5) is 0 Å². The maximum atomic E-state index is 5.23. The summed E-state index contributed by atoms with van der Waals surface area (Å²) in [6.07, 6.45) is 4.84. The molecule has 6 heteroatoms. The lowest BCUT2D eigenvalue weighted by molar-refractivity contribution is 0.414. The van der Waals surface area contributed by atoms with Crippen LogP contribution in [-0.2, 0) is 6.54 Å². The van der Waals surface area contributed by atoms with Gasteiger partial charge in [-0.25, -0.2) is 0 Å². The maximum Gasteiger partial charge on any atom is 0.191 e. The van der Waals surface area contributed by atoms with E-state index in [0.29, 0.717) is 11.8 Å². The molecule has 0 saturated carbocycles. The molecule has 0 spiro atoms. The van der Waals surface area contributed by atoms with Gasteiger partial charge in [-0.15, -0.1) is 0 Å². The molecule has 2 N–H and O–H groups in total. The summed E-state index contributed by atoms with van der Waals surface area (Å²) in [7, 11) is 1.69. The second-order valence-corrected chi connectivity index (χ2v) is 6.94. The third kappa shape index (κ3) is 7.33. The molecular weight excluding hydrogens is 338 g/mol. The fraction of sp³-hybridized carbons (Fsp3) is 0.524. The van der Waals surface area contributed by atoms with Crippen molar-refractivity contribution in [3.05, 3.63) is 48.3 Å². The van der Waals surface area contributed by atoms with E-state index in [-0.39, 0.29) is 0 Å². The van der Waals surface area contributed by atoms with Crippen LogP contribution in [0.15, 0.2) is 47.7 Å². The first-order chi connectivity index (χ1) is 13.1. The molecule has 0 saturated heterocycles. The van der Waals surface area contributed by atoms with E-state index in [9.17, 15) is 0 Å². The van der Waals surface area contributed by atoms with Crippen molar-refractivity contribution in [1.82, 2.24) is 20.4 Å². The van der Waals surface area contributed by atoms with E-state index in [1.165, 1.54) is 5.56 Å². The summed E-state index contributed by atoms with van der Waals surface area (Å²) in [6.45, 7) is 9.91. The van der Waals surface area contributed by atoms with Gasteiger partial charge < -0.3 is 15.4 Å². The van der Waals surface area contributed by atoms with Crippen molar-refractivity contribution in [3.8, 4) is 5.75 Å². The Bertz CT molecular complexity index is 666. The molecule has 0 radical (unpaired) electrons. The number of aliphatic imine (C=N–C) groups is 1. The van der Waals surface area contributed by atoms with Crippen LogP contribution in [0.3, 0.4) is 0 Å². The summed E-state index contributed by atoms with van der Waals surface area (Å²) in [5.74, 6) is 2.69. The quantitative estimate of drug-likeness (QED) is 0.497. The van der Waals surface area contributed by atoms with Gasteiger partial charge in [0, 0.05) is 38.6 Å².